The number of para-hydroxylation sites is 1. The molecule has 1 aromatic rings. The number of aliphatic hydroxyl groups is 1. The van der Waals surface area contributed by atoms with E-state index >= 15 is 0 Å². The van der Waals surface area contributed by atoms with Crippen molar-refractivity contribution >= 4 is 11.6 Å². The second kappa shape index (κ2) is 3.84. The van der Waals surface area contributed by atoms with Gasteiger partial charge in [0.1, 0.15) is 0 Å². The zero-order valence-corrected chi connectivity index (χ0v) is 10.6. The Morgan fingerprint density at radius 1 is 1.29 bits per heavy atom. The molecule has 0 aliphatic carbocycles. The van der Waals surface area contributed by atoms with Gasteiger partial charge in [0.05, 0.1) is 0 Å². The largest absolute Gasteiger partial charge is 0.375 e. The minimum atomic E-state index is -1.36. The lowest BCUT2D eigenvalue weighted by atomic mass is 9.82. The first-order chi connectivity index (χ1) is 7.83. The van der Waals surface area contributed by atoms with Crippen molar-refractivity contribution in [3.05, 3.63) is 29.8 Å². The lowest BCUT2D eigenvalue weighted by Gasteiger charge is -2.26. The zero-order valence-electron chi connectivity index (χ0n) is 10.6. The molecule has 0 spiro atoms. The summed E-state index contributed by atoms with van der Waals surface area (Å²) in [5.74, 6) is -0.303. The number of amides is 1. The molecule has 1 unspecified atom stereocenters. The highest BCUT2D eigenvalue weighted by molar-refractivity contribution is 6.04. The van der Waals surface area contributed by atoms with E-state index < -0.39 is 5.60 Å². The molecule has 0 aromatic heterocycles. The molecule has 1 heterocycles. The van der Waals surface area contributed by atoms with Crippen molar-refractivity contribution < 1.29 is 9.90 Å². The number of fused-ring (bicyclic) bond motifs is 1. The average molecular weight is 233 g/mol. The van der Waals surface area contributed by atoms with E-state index in [0.717, 1.165) is 12.1 Å². The lowest BCUT2D eigenvalue weighted by Crippen LogP contribution is -2.35. The number of anilines is 1. The van der Waals surface area contributed by atoms with E-state index in [4.69, 9.17) is 0 Å². The first-order valence-corrected chi connectivity index (χ1v) is 5.96. The predicted octanol–water partition coefficient (Wildman–Crippen LogP) is 2.65. The monoisotopic (exact) mass is 233 g/mol. The molecule has 0 saturated heterocycles. The molecule has 1 amide bonds. The van der Waals surface area contributed by atoms with Crippen LogP contribution in [-0.4, -0.2) is 11.0 Å². The number of carbonyl (C=O) groups is 1. The van der Waals surface area contributed by atoms with Crippen molar-refractivity contribution in [2.75, 3.05) is 5.32 Å². The Bertz CT molecular complexity index is 448. The molecule has 2 rings (SSSR count). The van der Waals surface area contributed by atoms with Gasteiger partial charge in [-0.25, -0.2) is 0 Å². The smallest absolute Gasteiger partial charge is 0.261 e. The number of hydrogen-bond donors (Lipinski definition) is 2. The third-order valence-electron chi connectivity index (χ3n) is 3.23. The minimum Gasteiger partial charge on any atom is -0.375 e. The van der Waals surface area contributed by atoms with Crippen molar-refractivity contribution in [2.45, 2.75) is 39.2 Å². The highest BCUT2D eigenvalue weighted by Crippen LogP contribution is 2.40. The van der Waals surface area contributed by atoms with Gasteiger partial charge in [0.2, 0.25) is 0 Å². The van der Waals surface area contributed by atoms with E-state index in [1.54, 1.807) is 0 Å². The molecular formula is C14H19NO2. The molecule has 0 bridgehead atoms. The van der Waals surface area contributed by atoms with Gasteiger partial charge in [0.15, 0.2) is 5.60 Å². The van der Waals surface area contributed by atoms with Crippen molar-refractivity contribution in [3.8, 4) is 0 Å². The summed E-state index contributed by atoms with van der Waals surface area (Å²) in [6, 6.07) is 7.34. The second-order valence-corrected chi connectivity index (χ2v) is 5.92. The van der Waals surface area contributed by atoms with Gasteiger partial charge >= 0.3 is 0 Å². The Morgan fingerprint density at radius 2 is 1.94 bits per heavy atom. The normalized spacial score (nSPS) is 23.4. The van der Waals surface area contributed by atoms with Gasteiger partial charge in [-0.2, -0.15) is 0 Å². The van der Waals surface area contributed by atoms with Crippen LogP contribution < -0.4 is 5.32 Å². The quantitative estimate of drug-likeness (QED) is 0.825. The standard InChI is InChI=1S/C14H19NO2/c1-13(2,3)8-9-14(17)10-6-4-5-7-11(10)15-12(14)16/h4-7,17H,8-9H2,1-3H3,(H,15,16). The van der Waals surface area contributed by atoms with Crippen molar-refractivity contribution in [1.82, 2.24) is 0 Å². The topological polar surface area (TPSA) is 49.3 Å². The summed E-state index contributed by atoms with van der Waals surface area (Å²) in [6.07, 6.45) is 1.25. The maximum atomic E-state index is 11.9. The zero-order chi connectivity index (χ0) is 12.7. The number of carbonyl (C=O) groups excluding carboxylic acids is 1. The Labute approximate surface area is 102 Å². The molecule has 2 N–H and O–H groups in total. The molecule has 17 heavy (non-hydrogen) atoms. The fourth-order valence-electron chi connectivity index (χ4n) is 2.10. The Balaban J connectivity index is 2.28. The number of rotatable bonds is 2. The van der Waals surface area contributed by atoms with Crippen molar-refractivity contribution in [3.63, 3.8) is 0 Å². The van der Waals surface area contributed by atoms with Crippen LogP contribution in [0.1, 0.15) is 39.2 Å². The molecule has 1 atom stereocenters. The van der Waals surface area contributed by atoms with Crippen LogP contribution in [0.5, 0.6) is 0 Å². The first-order valence-electron chi connectivity index (χ1n) is 5.96. The Hall–Kier alpha value is -1.35. The van der Waals surface area contributed by atoms with Crippen LogP contribution >= 0.6 is 0 Å². The number of benzene rings is 1. The van der Waals surface area contributed by atoms with Crippen molar-refractivity contribution in [1.29, 1.82) is 0 Å². The maximum Gasteiger partial charge on any atom is 0.261 e. The number of nitrogens with one attached hydrogen (secondary N) is 1. The van der Waals surface area contributed by atoms with Crippen LogP contribution in [-0.2, 0) is 10.4 Å². The van der Waals surface area contributed by atoms with Crippen LogP contribution in [0.15, 0.2) is 24.3 Å². The van der Waals surface area contributed by atoms with Crippen LogP contribution in [0.3, 0.4) is 0 Å². The van der Waals surface area contributed by atoms with Gasteiger partial charge in [-0.05, 0) is 24.3 Å². The van der Waals surface area contributed by atoms with E-state index in [2.05, 4.69) is 26.1 Å². The predicted molar refractivity (Wildman–Crippen MR) is 67.7 cm³/mol. The summed E-state index contributed by atoms with van der Waals surface area (Å²) in [5.41, 5.74) is 0.181. The molecule has 1 aromatic carbocycles. The average Bonchev–Trinajstić information content (AvgIpc) is 2.49. The van der Waals surface area contributed by atoms with E-state index in [1.165, 1.54) is 0 Å². The summed E-state index contributed by atoms with van der Waals surface area (Å²) in [5, 5.41) is 13.3. The molecule has 1 aliphatic rings. The fraction of sp³-hybridized carbons (Fsp3) is 0.500. The van der Waals surface area contributed by atoms with Gasteiger partial charge in [-0.3, -0.25) is 4.79 Å². The Kier molecular flexibility index (Phi) is 2.74. The summed E-state index contributed by atoms with van der Waals surface area (Å²) >= 11 is 0. The molecule has 0 fully saturated rings. The molecule has 92 valence electrons. The van der Waals surface area contributed by atoms with Crippen molar-refractivity contribution in [2.24, 2.45) is 5.41 Å². The van der Waals surface area contributed by atoms with Gasteiger partial charge in [0.25, 0.3) is 5.91 Å². The van der Waals surface area contributed by atoms with Crippen LogP contribution in [0, 0.1) is 5.41 Å². The summed E-state index contributed by atoms with van der Waals surface area (Å²) < 4.78 is 0. The van der Waals surface area contributed by atoms with Crippen LogP contribution in [0.2, 0.25) is 0 Å². The summed E-state index contributed by atoms with van der Waals surface area (Å²) in [6.45, 7) is 6.32. The Morgan fingerprint density at radius 3 is 2.59 bits per heavy atom. The summed E-state index contributed by atoms with van der Waals surface area (Å²) in [7, 11) is 0. The number of hydrogen-bond acceptors (Lipinski definition) is 2. The molecule has 3 heteroatoms. The molecular weight excluding hydrogens is 214 g/mol. The third kappa shape index (κ3) is 2.20. The second-order valence-electron chi connectivity index (χ2n) is 5.92. The SMILES string of the molecule is CC(C)(C)CCC1(O)C(=O)Nc2ccccc21. The van der Waals surface area contributed by atoms with E-state index in [-0.39, 0.29) is 11.3 Å². The van der Waals surface area contributed by atoms with E-state index in [0.29, 0.717) is 12.0 Å². The van der Waals surface area contributed by atoms with Crippen LogP contribution in [0.4, 0.5) is 5.69 Å². The fourth-order valence-corrected chi connectivity index (χ4v) is 2.10. The molecule has 0 saturated carbocycles. The first kappa shape index (κ1) is 12.1. The summed E-state index contributed by atoms with van der Waals surface area (Å²) in [4.78, 5) is 11.9. The van der Waals surface area contributed by atoms with E-state index in [1.807, 2.05) is 24.3 Å². The molecule has 1 aliphatic heterocycles. The minimum absolute atomic E-state index is 0.105. The molecule has 3 nitrogen and oxygen atoms in total. The third-order valence-corrected chi connectivity index (χ3v) is 3.23. The van der Waals surface area contributed by atoms with Crippen LogP contribution in [0.25, 0.3) is 0 Å². The van der Waals surface area contributed by atoms with Gasteiger partial charge in [0, 0.05) is 11.3 Å². The maximum absolute atomic E-state index is 11.9. The van der Waals surface area contributed by atoms with E-state index in [9.17, 15) is 9.90 Å². The highest BCUT2D eigenvalue weighted by atomic mass is 16.3. The van der Waals surface area contributed by atoms with Gasteiger partial charge in [-0.15, -0.1) is 0 Å². The highest BCUT2D eigenvalue weighted by Gasteiger charge is 2.44. The lowest BCUT2D eigenvalue weighted by molar-refractivity contribution is -0.134. The van der Waals surface area contributed by atoms with Gasteiger partial charge in [-0.1, -0.05) is 39.0 Å². The van der Waals surface area contributed by atoms with Gasteiger partial charge < -0.3 is 10.4 Å². The molecule has 0 radical (unpaired) electrons.